The van der Waals surface area contributed by atoms with Gasteiger partial charge in [0.1, 0.15) is 5.56 Å². The van der Waals surface area contributed by atoms with Gasteiger partial charge in [0, 0.05) is 24.3 Å². The van der Waals surface area contributed by atoms with Crippen LogP contribution < -0.4 is 16.0 Å². The van der Waals surface area contributed by atoms with Crippen molar-refractivity contribution >= 4 is 32.2 Å². The first-order valence-corrected chi connectivity index (χ1v) is 9.13. The molecule has 24 heavy (non-hydrogen) atoms. The number of thiazole rings is 1. The van der Waals surface area contributed by atoms with Crippen molar-refractivity contribution in [2.24, 2.45) is 5.14 Å². The normalized spacial score (nSPS) is 11.5. The number of carbonyl (C=O) groups excluding carboxylic acids is 1. The number of nitrogens with zero attached hydrogens (tertiary/aromatic N) is 2. The molecule has 3 aromatic rings. The lowest BCUT2D eigenvalue weighted by molar-refractivity contribution is 0.0949. The molecule has 0 aliphatic rings. The van der Waals surface area contributed by atoms with E-state index >= 15 is 0 Å². The quantitative estimate of drug-likeness (QED) is 0.691. The summed E-state index contributed by atoms with van der Waals surface area (Å²) in [7, 11) is -3.75. The largest absolute Gasteiger partial charge is 0.348 e. The van der Waals surface area contributed by atoms with Gasteiger partial charge in [-0.1, -0.05) is 12.1 Å². The van der Waals surface area contributed by atoms with E-state index in [9.17, 15) is 18.0 Å². The Morgan fingerprint density at radius 2 is 2.00 bits per heavy atom. The summed E-state index contributed by atoms with van der Waals surface area (Å²) in [6, 6.07) is 5.77. The monoisotopic (exact) mass is 364 g/mol. The third kappa shape index (κ3) is 3.20. The van der Waals surface area contributed by atoms with Gasteiger partial charge in [-0.05, 0) is 17.7 Å². The SMILES string of the molecule is NS(=O)(=O)c1ccc(CNC(=O)c2cnc3sccn3c2=O)cc1. The highest BCUT2D eigenvalue weighted by molar-refractivity contribution is 7.89. The van der Waals surface area contributed by atoms with Gasteiger partial charge in [-0.3, -0.25) is 14.0 Å². The predicted octanol–water partition coefficient (Wildman–Crippen LogP) is 0.333. The Labute approximate surface area is 140 Å². The first kappa shape index (κ1) is 16.3. The molecular weight excluding hydrogens is 352 g/mol. The maximum atomic E-state index is 12.2. The highest BCUT2D eigenvalue weighted by atomic mass is 32.2. The van der Waals surface area contributed by atoms with Crippen molar-refractivity contribution in [3.8, 4) is 0 Å². The molecule has 0 atom stereocenters. The van der Waals surface area contributed by atoms with E-state index in [1.165, 1.54) is 46.2 Å². The van der Waals surface area contributed by atoms with E-state index in [1.807, 2.05) is 0 Å². The Kier molecular flexibility index (Phi) is 4.18. The average molecular weight is 364 g/mol. The second-order valence-electron chi connectivity index (χ2n) is 4.90. The molecule has 0 saturated carbocycles. The summed E-state index contributed by atoms with van der Waals surface area (Å²) in [4.78, 5) is 28.9. The molecule has 3 rings (SSSR count). The van der Waals surface area contributed by atoms with Crippen LogP contribution in [0, 0.1) is 0 Å². The Hall–Kier alpha value is -2.56. The molecule has 1 aromatic carbocycles. The third-order valence-electron chi connectivity index (χ3n) is 3.29. The van der Waals surface area contributed by atoms with Crippen LogP contribution in [0.4, 0.5) is 0 Å². The Morgan fingerprint density at radius 3 is 2.67 bits per heavy atom. The summed E-state index contributed by atoms with van der Waals surface area (Å²) in [5.74, 6) is -0.552. The zero-order chi connectivity index (χ0) is 17.3. The molecule has 8 nitrogen and oxygen atoms in total. The van der Waals surface area contributed by atoms with E-state index in [-0.39, 0.29) is 17.0 Å². The zero-order valence-electron chi connectivity index (χ0n) is 12.2. The Bertz CT molecular complexity index is 1070. The summed E-state index contributed by atoms with van der Waals surface area (Å²) in [6.45, 7) is 0.134. The van der Waals surface area contributed by atoms with Crippen molar-refractivity contribution in [2.45, 2.75) is 11.4 Å². The summed E-state index contributed by atoms with van der Waals surface area (Å²) in [6.07, 6.45) is 2.80. The lowest BCUT2D eigenvalue weighted by atomic mass is 10.2. The number of hydrogen-bond acceptors (Lipinski definition) is 6. The van der Waals surface area contributed by atoms with Crippen LogP contribution in [0.25, 0.3) is 4.96 Å². The molecular formula is C14H12N4O4S2. The van der Waals surface area contributed by atoms with Gasteiger partial charge in [-0.25, -0.2) is 18.5 Å². The second kappa shape index (κ2) is 6.15. The first-order chi connectivity index (χ1) is 11.4. The first-order valence-electron chi connectivity index (χ1n) is 6.71. The standard InChI is InChI=1S/C14H12N4O4S2/c15-24(21,22)10-3-1-9(2-4-10)7-16-12(19)11-8-17-14-18(13(11)20)5-6-23-14/h1-6,8H,7H2,(H,16,19)(H2,15,21,22). The van der Waals surface area contributed by atoms with Gasteiger partial charge >= 0.3 is 0 Å². The summed E-state index contributed by atoms with van der Waals surface area (Å²) < 4.78 is 23.7. The maximum Gasteiger partial charge on any atom is 0.271 e. The number of amides is 1. The molecule has 10 heteroatoms. The fraction of sp³-hybridized carbons (Fsp3) is 0.0714. The highest BCUT2D eigenvalue weighted by Crippen LogP contribution is 2.09. The van der Waals surface area contributed by atoms with E-state index in [0.29, 0.717) is 10.5 Å². The van der Waals surface area contributed by atoms with Crippen molar-refractivity contribution < 1.29 is 13.2 Å². The fourth-order valence-electron chi connectivity index (χ4n) is 2.05. The molecule has 124 valence electrons. The number of hydrogen-bond donors (Lipinski definition) is 2. The topological polar surface area (TPSA) is 124 Å². The molecule has 0 fully saturated rings. The number of rotatable bonds is 4. The van der Waals surface area contributed by atoms with Gasteiger partial charge in [0.25, 0.3) is 11.5 Å². The van der Waals surface area contributed by atoms with E-state index in [4.69, 9.17) is 5.14 Å². The van der Waals surface area contributed by atoms with Gasteiger partial charge in [0.15, 0.2) is 4.96 Å². The van der Waals surface area contributed by atoms with E-state index in [0.717, 1.165) is 0 Å². The summed E-state index contributed by atoms with van der Waals surface area (Å²) >= 11 is 1.30. The van der Waals surface area contributed by atoms with Crippen LogP contribution in [0.15, 0.2) is 51.7 Å². The molecule has 0 aliphatic heterocycles. The molecule has 2 heterocycles. The molecule has 0 bridgehead atoms. The minimum absolute atomic E-state index is 0.0112. The third-order valence-corrected chi connectivity index (χ3v) is 4.99. The molecule has 3 N–H and O–H groups in total. The molecule has 0 saturated heterocycles. The molecule has 0 unspecified atom stereocenters. The number of sulfonamides is 1. The van der Waals surface area contributed by atoms with Gasteiger partial charge in [0.2, 0.25) is 10.0 Å². The van der Waals surface area contributed by atoms with Gasteiger partial charge in [-0.2, -0.15) is 0 Å². The van der Waals surface area contributed by atoms with Crippen LogP contribution in [0.5, 0.6) is 0 Å². The molecule has 0 radical (unpaired) electrons. The van der Waals surface area contributed by atoms with E-state index < -0.39 is 21.5 Å². The summed E-state index contributed by atoms with van der Waals surface area (Å²) in [5.41, 5.74) is 0.163. The number of benzene rings is 1. The van der Waals surface area contributed by atoms with E-state index in [2.05, 4.69) is 10.3 Å². The lowest BCUT2D eigenvalue weighted by Crippen LogP contribution is -2.30. The van der Waals surface area contributed by atoms with Crippen molar-refractivity contribution in [3.05, 3.63) is 63.5 Å². The van der Waals surface area contributed by atoms with Gasteiger partial charge < -0.3 is 5.32 Å². The smallest absolute Gasteiger partial charge is 0.271 e. The van der Waals surface area contributed by atoms with Crippen LogP contribution >= 0.6 is 11.3 Å². The molecule has 2 aromatic heterocycles. The van der Waals surface area contributed by atoms with Crippen molar-refractivity contribution in [2.75, 3.05) is 0 Å². The molecule has 1 amide bonds. The zero-order valence-corrected chi connectivity index (χ0v) is 13.8. The minimum atomic E-state index is -3.75. The van der Waals surface area contributed by atoms with Crippen LogP contribution in [-0.2, 0) is 16.6 Å². The number of primary sulfonamides is 1. The second-order valence-corrected chi connectivity index (χ2v) is 7.34. The fourth-order valence-corrected chi connectivity index (χ4v) is 3.25. The van der Waals surface area contributed by atoms with Crippen LogP contribution in [0.3, 0.4) is 0 Å². The number of nitrogens with one attached hydrogen (secondary N) is 1. The van der Waals surface area contributed by atoms with Crippen molar-refractivity contribution in [1.29, 1.82) is 0 Å². The minimum Gasteiger partial charge on any atom is -0.348 e. The van der Waals surface area contributed by atoms with Gasteiger partial charge in [0.05, 0.1) is 4.90 Å². The van der Waals surface area contributed by atoms with Crippen LogP contribution in [-0.4, -0.2) is 23.7 Å². The van der Waals surface area contributed by atoms with Crippen molar-refractivity contribution in [3.63, 3.8) is 0 Å². The number of carbonyl (C=O) groups is 1. The molecule has 0 spiro atoms. The number of fused-ring (bicyclic) bond motifs is 1. The van der Waals surface area contributed by atoms with Gasteiger partial charge in [-0.15, -0.1) is 11.3 Å². The number of nitrogens with two attached hydrogens (primary N) is 1. The average Bonchev–Trinajstić information content (AvgIpc) is 3.02. The highest BCUT2D eigenvalue weighted by Gasteiger charge is 2.13. The van der Waals surface area contributed by atoms with E-state index in [1.54, 1.807) is 11.6 Å². The van der Waals surface area contributed by atoms with Crippen LogP contribution in [0.1, 0.15) is 15.9 Å². The Morgan fingerprint density at radius 1 is 1.29 bits per heavy atom. The predicted molar refractivity (Wildman–Crippen MR) is 88.3 cm³/mol. The number of aromatic nitrogens is 2. The summed E-state index contributed by atoms with van der Waals surface area (Å²) in [5, 5.41) is 9.33. The lowest BCUT2D eigenvalue weighted by Gasteiger charge is -2.06. The van der Waals surface area contributed by atoms with Crippen molar-refractivity contribution in [1.82, 2.24) is 14.7 Å². The Balaban J connectivity index is 1.75. The maximum absolute atomic E-state index is 12.2. The van der Waals surface area contributed by atoms with Crippen LogP contribution in [0.2, 0.25) is 0 Å². The molecule has 0 aliphatic carbocycles.